The number of rotatable bonds is 1. The first-order valence-corrected chi connectivity index (χ1v) is 7.05. The zero-order valence-electron chi connectivity index (χ0n) is 11.7. The molecule has 0 saturated heterocycles. The largest absolute Gasteiger partial charge is 0.451 e. The van der Waals surface area contributed by atoms with E-state index in [1.807, 2.05) is 0 Å². The van der Waals surface area contributed by atoms with Crippen LogP contribution in [0.2, 0.25) is 0 Å². The predicted molar refractivity (Wildman–Crippen MR) is 79.5 cm³/mol. The summed E-state index contributed by atoms with van der Waals surface area (Å²) in [5.41, 5.74) is 2.15. The van der Waals surface area contributed by atoms with Crippen molar-refractivity contribution in [3.8, 4) is 0 Å². The number of benzene rings is 1. The summed E-state index contributed by atoms with van der Waals surface area (Å²) in [5, 5.41) is 0.480. The zero-order valence-corrected chi connectivity index (χ0v) is 11.7. The van der Waals surface area contributed by atoms with E-state index in [0.29, 0.717) is 30.5 Å². The number of carbonyl (C=O) groups excluding carboxylic acids is 1. The lowest BCUT2D eigenvalue weighted by Crippen LogP contribution is -2.36. The zero-order chi connectivity index (χ0) is 15.1. The highest BCUT2D eigenvalue weighted by Gasteiger charge is 2.25. The average Bonchev–Trinajstić information content (AvgIpc) is 3.01. The van der Waals surface area contributed by atoms with Gasteiger partial charge in [-0.2, -0.15) is 0 Å². The number of amides is 1. The summed E-state index contributed by atoms with van der Waals surface area (Å²) in [7, 11) is 0. The lowest BCUT2D eigenvalue weighted by molar-refractivity contribution is 0.0700. The summed E-state index contributed by atoms with van der Waals surface area (Å²) in [6.45, 7) is 1.01. The quantitative estimate of drug-likeness (QED) is 0.741. The summed E-state index contributed by atoms with van der Waals surface area (Å²) < 4.78 is 5.61. The first-order valence-electron chi connectivity index (χ1n) is 7.05. The number of hydrogen-bond acceptors (Lipinski definition) is 4. The first-order chi connectivity index (χ1) is 10.7. The molecule has 6 heteroatoms. The van der Waals surface area contributed by atoms with Crippen molar-refractivity contribution in [3.63, 3.8) is 0 Å². The van der Waals surface area contributed by atoms with Crippen molar-refractivity contribution in [2.24, 2.45) is 0 Å². The summed E-state index contributed by atoms with van der Waals surface area (Å²) >= 11 is 0. The van der Waals surface area contributed by atoms with Crippen LogP contribution < -0.4 is 5.43 Å². The van der Waals surface area contributed by atoms with Gasteiger partial charge in [-0.05, 0) is 12.1 Å². The van der Waals surface area contributed by atoms with Crippen molar-refractivity contribution in [1.29, 1.82) is 0 Å². The van der Waals surface area contributed by atoms with Crippen molar-refractivity contribution in [2.75, 3.05) is 6.54 Å². The summed E-state index contributed by atoms with van der Waals surface area (Å²) in [4.78, 5) is 33.6. The van der Waals surface area contributed by atoms with E-state index in [2.05, 4.69) is 9.97 Å². The van der Waals surface area contributed by atoms with Crippen LogP contribution in [0.1, 0.15) is 21.9 Å². The number of hydrogen-bond donors (Lipinski definition) is 1. The van der Waals surface area contributed by atoms with Crippen LogP contribution in [-0.2, 0) is 13.0 Å². The molecule has 0 atom stereocenters. The van der Waals surface area contributed by atoms with E-state index in [1.54, 1.807) is 35.5 Å². The Bertz CT molecular complexity index is 926. The van der Waals surface area contributed by atoms with Crippen molar-refractivity contribution in [1.82, 2.24) is 14.9 Å². The van der Waals surface area contributed by atoms with Gasteiger partial charge >= 0.3 is 0 Å². The van der Waals surface area contributed by atoms with Crippen LogP contribution in [0.4, 0.5) is 0 Å². The Morgan fingerprint density at radius 2 is 2.18 bits per heavy atom. The lowest BCUT2D eigenvalue weighted by atomic mass is 10.1. The molecule has 2 aromatic heterocycles. The average molecular weight is 295 g/mol. The standard InChI is InChI=1S/C16H13N3O3/c20-13-7-15(22-14-4-2-1-3-10(13)14)16(21)19-6-5-11-12(8-19)18-9-17-11/h1-4,7,9H,5-6,8H2,(H,17,18). The Hall–Kier alpha value is -2.89. The first kappa shape index (κ1) is 12.8. The fraction of sp³-hybridized carbons (Fsp3) is 0.188. The minimum absolute atomic E-state index is 0.0756. The highest BCUT2D eigenvalue weighted by molar-refractivity contribution is 5.93. The number of para-hydroxylation sites is 1. The maximum Gasteiger partial charge on any atom is 0.290 e. The van der Waals surface area contributed by atoms with Gasteiger partial charge in [0.1, 0.15) is 5.58 Å². The van der Waals surface area contributed by atoms with E-state index in [4.69, 9.17) is 4.42 Å². The third kappa shape index (κ3) is 2.00. The molecule has 6 nitrogen and oxygen atoms in total. The van der Waals surface area contributed by atoms with Gasteiger partial charge in [-0.3, -0.25) is 9.59 Å². The second-order valence-electron chi connectivity index (χ2n) is 5.28. The number of aromatic nitrogens is 2. The number of H-pyrrole nitrogens is 1. The van der Waals surface area contributed by atoms with Gasteiger partial charge in [0.15, 0.2) is 11.2 Å². The third-order valence-corrected chi connectivity index (χ3v) is 3.91. The predicted octanol–water partition coefficient (Wildman–Crippen LogP) is 1.71. The summed E-state index contributed by atoms with van der Waals surface area (Å²) in [6, 6.07) is 8.19. The van der Waals surface area contributed by atoms with Crippen molar-refractivity contribution in [3.05, 3.63) is 64.0 Å². The van der Waals surface area contributed by atoms with Crippen LogP contribution in [0, 0.1) is 0 Å². The molecule has 4 rings (SSSR count). The highest BCUT2D eigenvalue weighted by Crippen LogP contribution is 2.18. The molecule has 1 N–H and O–H groups in total. The van der Waals surface area contributed by atoms with Gasteiger partial charge < -0.3 is 14.3 Å². The van der Waals surface area contributed by atoms with Gasteiger partial charge in [0, 0.05) is 19.0 Å². The molecule has 1 aromatic carbocycles. The molecular formula is C16H13N3O3. The van der Waals surface area contributed by atoms with Gasteiger partial charge in [-0.15, -0.1) is 0 Å². The Morgan fingerprint density at radius 1 is 1.32 bits per heavy atom. The van der Waals surface area contributed by atoms with Gasteiger partial charge in [0.2, 0.25) is 0 Å². The summed E-state index contributed by atoms with van der Waals surface area (Å²) in [5.74, 6) is -0.199. The fourth-order valence-corrected chi connectivity index (χ4v) is 2.75. The molecule has 3 heterocycles. The second-order valence-corrected chi connectivity index (χ2v) is 5.28. The molecule has 110 valence electrons. The molecule has 1 aliphatic rings. The van der Waals surface area contributed by atoms with Crippen molar-refractivity contribution in [2.45, 2.75) is 13.0 Å². The third-order valence-electron chi connectivity index (χ3n) is 3.91. The molecule has 1 aliphatic heterocycles. The van der Waals surface area contributed by atoms with Gasteiger partial charge in [0.05, 0.1) is 29.6 Å². The molecule has 3 aromatic rings. The number of nitrogens with zero attached hydrogens (tertiary/aromatic N) is 2. The second kappa shape index (κ2) is 4.84. The minimum Gasteiger partial charge on any atom is -0.451 e. The Labute approximate surface area is 125 Å². The van der Waals surface area contributed by atoms with Crippen LogP contribution in [0.15, 0.2) is 45.9 Å². The fourth-order valence-electron chi connectivity index (χ4n) is 2.75. The molecule has 1 amide bonds. The number of imidazole rings is 1. The molecule has 0 fully saturated rings. The lowest BCUT2D eigenvalue weighted by Gasteiger charge is -2.25. The van der Waals surface area contributed by atoms with Crippen molar-refractivity contribution >= 4 is 16.9 Å². The van der Waals surface area contributed by atoms with E-state index in [0.717, 1.165) is 11.4 Å². The smallest absolute Gasteiger partial charge is 0.290 e. The van der Waals surface area contributed by atoms with E-state index in [9.17, 15) is 9.59 Å². The number of aromatic amines is 1. The molecular weight excluding hydrogens is 282 g/mol. The molecule has 22 heavy (non-hydrogen) atoms. The molecule has 0 saturated carbocycles. The molecule has 0 radical (unpaired) electrons. The van der Waals surface area contributed by atoms with E-state index >= 15 is 0 Å². The molecule has 0 bridgehead atoms. The Kier molecular flexibility index (Phi) is 2.82. The van der Waals surface area contributed by atoms with E-state index in [1.165, 1.54) is 6.07 Å². The topological polar surface area (TPSA) is 79.2 Å². The van der Waals surface area contributed by atoms with E-state index in [-0.39, 0.29) is 17.1 Å². The molecule has 0 aliphatic carbocycles. The van der Waals surface area contributed by atoms with E-state index < -0.39 is 0 Å². The highest BCUT2D eigenvalue weighted by atomic mass is 16.3. The number of nitrogens with one attached hydrogen (secondary N) is 1. The maximum atomic E-state index is 12.6. The van der Waals surface area contributed by atoms with Crippen LogP contribution in [0.5, 0.6) is 0 Å². The Morgan fingerprint density at radius 3 is 3.09 bits per heavy atom. The van der Waals surface area contributed by atoms with Crippen LogP contribution in [-0.4, -0.2) is 27.3 Å². The minimum atomic E-state index is -0.275. The summed E-state index contributed by atoms with van der Waals surface area (Å²) in [6.07, 6.45) is 2.33. The maximum absolute atomic E-state index is 12.6. The van der Waals surface area contributed by atoms with Crippen molar-refractivity contribution < 1.29 is 9.21 Å². The van der Waals surface area contributed by atoms with Gasteiger partial charge in [0.25, 0.3) is 5.91 Å². The Balaban J connectivity index is 1.70. The van der Waals surface area contributed by atoms with Gasteiger partial charge in [-0.25, -0.2) is 4.98 Å². The molecule has 0 spiro atoms. The van der Waals surface area contributed by atoms with Crippen LogP contribution >= 0.6 is 0 Å². The van der Waals surface area contributed by atoms with Gasteiger partial charge in [-0.1, -0.05) is 12.1 Å². The molecule has 0 unspecified atom stereocenters. The number of carbonyl (C=O) groups is 1. The van der Waals surface area contributed by atoms with Crippen LogP contribution in [0.3, 0.4) is 0 Å². The van der Waals surface area contributed by atoms with Crippen LogP contribution in [0.25, 0.3) is 11.0 Å². The monoisotopic (exact) mass is 295 g/mol. The normalized spacial score (nSPS) is 14.1. The SMILES string of the molecule is O=C(c1cc(=O)c2ccccc2o1)N1CCc2nc[nH]c2C1. The number of fused-ring (bicyclic) bond motifs is 2.